The first-order valence-electron chi connectivity index (χ1n) is 11.0. The molecule has 1 aliphatic heterocycles. The van der Waals surface area contributed by atoms with Crippen LogP contribution < -0.4 is 9.91 Å². The fourth-order valence-corrected chi connectivity index (χ4v) is 4.01. The van der Waals surface area contributed by atoms with Gasteiger partial charge in [-0.05, 0) is 62.8 Å². The number of allylic oxidation sites excluding steroid dienone is 1. The molecule has 0 aliphatic carbocycles. The van der Waals surface area contributed by atoms with Gasteiger partial charge in [-0.2, -0.15) is 5.10 Å². The van der Waals surface area contributed by atoms with Crippen molar-refractivity contribution in [1.82, 2.24) is 14.5 Å². The largest absolute Gasteiger partial charge is 0.372 e. The Balaban J connectivity index is 1.61. The average molecular weight is 415 g/mol. The highest BCUT2D eigenvalue weighted by molar-refractivity contribution is 6.00. The Morgan fingerprint density at radius 3 is 2.52 bits per heavy atom. The van der Waals surface area contributed by atoms with Gasteiger partial charge in [0, 0.05) is 37.9 Å². The molecule has 1 aliphatic rings. The summed E-state index contributed by atoms with van der Waals surface area (Å²) in [5.41, 5.74) is 4.62. The first-order valence-corrected chi connectivity index (χ1v) is 11.0. The minimum Gasteiger partial charge on any atom is -0.372 e. The molecule has 1 atom stereocenters. The van der Waals surface area contributed by atoms with Crippen molar-refractivity contribution in [3.8, 4) is 0 Å². The van der Waals surface area contributed by atoms with Crippen LogP contribution in [0.25, 0.3) is 6.08 Å². The van der Waals surface area contributed by atoms with E-state index in [1.54, 1.807) is 0 Å². The number of benzene rings is 1. The van der Waals surface area contributed by atoms with E-state index >= 15 is 0 Å². The van der Waals surface area contributed by atoms with E-state index < -0.39 is 0 Å². The number of hydrogen-bond acceptors (Lipinski definition) is 5. The van der Waals surface area contributed by atoms with Crippen molar-refractivity contribution >= 4 is 23.3 Å². The summed E-state index contributed by atoms with van der Waals surface area (Å²) in [5.74, 6) is 0.863. The molecule has 3 heterocycles. The van der Waals surface area contributed by atoms with Crippen molar-refractivity contribution in [2.45, 2.75) is 39.8 Å². The molecule has 4 rings (SSSR count). The summed E-state index contributed by atoms with van der Waals surface area (Å²) < 4.78 is 2.12. The average Bonchev–Trinajstić information content (AvgIpc) is 3.46. The summed E-state index contributed by atoms with van der Waals surface area (Å²) in [6.07, 6.45) is 10.6. The van der Waals surface area contributed by atoms with Crippen LogP contribution in [-0.4, -0.2) is 33.3 Å². The van der Waals surface area contributed by atoms with E-state index in [2.05, 4.69) is 76.6 Å². The van der Waals surface area contributed by atoms with Gasteiger partial charge in [-0.3, -0.25) is 0 Å². The van der Waals surface area contributed by atoms with E-state index in [0.717, 1.165) is 43.3 Å². The minimum absolute atomic E-state index is 0.122. The summed E-state index contributed by atoms with van der Waals surface area (Å²) in [4.78, 5) is 11.2. The van der Waals surface area contributed by atoms with Gasteiger partial charge in [0.1, 0.15) is 5.82 Å². The molecule has 2 aromatic heterocycles. The zero-order valence-electron chi connectivity index (χ0n) is 18.5. The van der Waals surface area contributed by atoms with Gasteiger partial charge in [0.25, 0.3) is 0 Å². The van der Waals surface area contributed by atoms with Crippen LogP contribution in [-0.2, 0) is 6.54 Å². The molecule has 1 unspecified atom stereocenters. The molecule has 6 nitrogen and oxygen atoms in total. The number of anilines is 2. The molecule has 6 heteroatoms. The maximum Gasteiger partial charge on any atom is 0.149 e. The zero-order chi connectivity index (χ0) is 21.6. The highest BCUT2D eigenvalue weighted by Gasteiger charge is 2.29. The van der Waals surface area contributed by atoms with E-state index in [1.807, 2.05) is 41.9 Å². The number of nitrogens with zero attached hydrogens (tertiary/aromatic N) is 6. The molecule has 0 fully saturated rings. The molecule has 0 amide bonds. The highest BCUT2D eigenvalue weighted by Crippen LogP contribution is 2.35. The first-order chi connectivity index (χ1) is 15.2. The van der Waals surface area contributed by atoms with E-state index in [1.165, 1.54) is 11.3 Å². The number of aromatic nitrogens is 3. The van der Waals surface area contributed by atoms with Crippen molar-refractivity contribution in [3.05, 3.63) is 78.5 Å². The minimum atomic E-state index is 0.122. The van der Waals surface area contributed by atoms with Crippen LogP contribution in [0.4, 0.5) is 11.5 Å². The normalized spacial score (nSPS) is 16.2. The van der Waals surface area contributed by atoms with Crippen molar-refractivity contribution in [1.29, 1.82) is 0 Å². The lowest BCUT2D eigenvalue weighted by atomic mass is 10.0. The molecule has 0 N–H and O–H groups in total. The van der Waals surface area contributed by atoms with E-state index in [9.17, 15) is 0 Å². The maximum absolute atomic E-state index is 4.92. The Morgan fingerprint density at radius 1 is 1.03 bits per heavy atom. The predicted octanol–water partition coefficient (Wildman–Crippen LogP) is 5.17. The summed E-state index contributed by atoms with van der Waals surface area (Å²) in [5, 5.41) is 6.97. The fraction of sp³-hybridized carbons (Fsp3) is 0.320. The smallest absolute Gasteiger partial charge is 0.149 e. The number of imidazole rings is 1. The SMILES string of the molecule is CCN(CC)c1ccc(C2CC(C=Cc3cncn3CC)=NN2c2ccccn2)cc1. The van der Waals surface area contributed by atoms with Gasteiger partial charge in [0.2, 0.25) is 0 Å². The summed E-state index contributed by atoms with van der Waals surface area (Å²) >= 11 is 0. The highest BCUT2D eigenvalue weighted by atomic mass is 15.5. The van der Waals surface area contributed by atoms with Crippen LogP contribution in [0.15, 0.2) is 72.4 Å². The zero-order valence-corrected chi connectivity index (χ0v) is 18.5. The monoisotopic (exact) mass is 414 g/mol. The van der Waals surface area contributed by atoms with Gasteiger partial charge in [0.15, 0.2) is 0 Å². The Hall–Kier alpha value is -3.41. The predicted molar refractivity (Wildman–Crippen MR) is 128 cm³/mol. The van der Waals surface area contributed by atoms with Crippen LogP contribution >= 0.6 is 0 Å². The van der Waals surface area contributed by atoms with Gasteiger partial charge in [-0.15, -0.1) is 0 Å². The van der Waals surface area contributed by atoms with Crippen LogP contribution in [0.2, 0.25) is 0 Å². The summed E-state index contributed by atoms with van der Waals surface area (Å²) in [7, 11) is 0. The van der Waals surface area contributed by atoms with E-state index in [4.69, 9.17) is 5.10 Å². The summed E-state index contributed by atoms with van der Waals surface area (Å²) in [6.45, 7) is 9.40. The molecule has 160 valence electrons. The van der Waals surface area contributed by atoms with Crippen LogP contribution in [0.1, 0.15) is 44.5 Å². The Kier molecular flexibility index (Phi) is 6.46. The third-order valence-corrected chi connectivity index (χ3v) is 5.76. The third kappa shape index (κ3) is 4.53. The van der Waals surface area contributed by atoms with Crippen molar-refractivity contribution in [3.63, 3.8) is 0 Å². The van der Waals surface area contributed by atoms with Gasteiger partial charge in [0.05, 0.1) is 30.0 Å². The number of rotatable bonds is 8. The first kappa shape index (κ1) is 20.8. The van der Waals surface area contributed by atoms with Crippen molar-refractivity contribution in [2.24, 2.45) is 5.10 Å². The quantitative estimate of drug-likeness (QED) is 0.511. The molecule has 0 saturated heterocycles. The molecule has 0 radical (unpaired) electrons. The molecule has 0 spiro atoms. The standard InChI is InChI=1S/C25H30N6/c1-4-29(5-2)22-13-10-20(11-14-22)24-17-21(12-15-23-18-26-19-30(23)6-3)28-31(24)25-9-7-8-16-27-25/h7-16,18-19,24H,4-6,17H2,1-3H3. The molecule has 0 bridgehead atoms. The Labute approximate surface area is 184 Å². The lowest BCUT2D eigenvalue weighted by Crippen LogP contribution is -2.22. The number of hydrazone groups is 1. The molecule has 1 aromatic carbocycles. The molecule has 0 saturated carbocycles. The lowest BCUT2D eigenvalue weighted by molar-refractivity contribution is 0.698. The second-order valence-electron chi connectivity index (χ2n) is 7.55. The van der Waals surface area contributed by atoms with Crippen LogP contribution in [0.5, 0.6) is 0 Å². The van der Waals surface area contributed by atoms with Gasteiger partial charge in [-0.25, -0.2) is 15.0 Å². The fourth-order valence-electron chi connectivity index (χ4n) is 4.01. The van der Waals surface area contributed by atoms with Gasteiger partial charge >= 0.3 is 0 Å². The topological polar surface area (TPSA) is 49.6 Å². The molecule has 3 aromatic rings. The maximum atomic E-state index is 4.92. The second-order valence-corrected chi connectivity index (χ2v) is 7.55. The van der Waals surface area contributed by atoms with Crippen LogP contribution in [0, 0.1) is 0 Å². The summed E-state index contributed by atoms with van der Waals surface area (Å²) in [6, 6.07) is 15.0. The van der Waals surface area contributed by atoms with Crippen molar-refractivity contribution in [2.75, 3.05) is 23.0 Å². The lowest BCUT2D eigenvalue weighted by Gasteiger charge is -2.25. The number of hydrogen-bond donors (Lipinski definition) is 0. The van der Waals surface area contributed by atoms with E-state index in [0.29, 0.717) is 0 Å². The van der Waals surface area contributed by atoms with Crippen LogP contribution in [0.3, 0.4) is 0 Å². The Bertz CT molecular complexity index is 1030. The molecule has 31 heavy (non-hydrogen) atoms. The molecular formula is C25H30N6. The number of aryl methyl sites for hydroxylation is 1. The van der Waals surface area contributed by atoms with Gasteiger partial charge < -0.3 is 9.47 Å². The Morgan fingerprint density at radius 2 is 1.84 bits per heavy atom. The third-order valence-electron chi connectivity index (χ3n) is 5.76. The van der Waals surface area contributed by atoms with E-state index in [-0.39, 0.29) is 6.04 Å². The van der Waals surface area contributed by atoms with Gasteiger partial charge in [-0.1, -0.05) is 18.2 Å². The van der Waals surface area contributed by atoms with Crippen molar-refractivity contribution < 1.29 is 0 Å². The molecular weight excluding hydrogens is 384 g/mol. The second kappa shape index (κ2) is 9.60. The number of pyridine rings is 1.